The van der Waals surface area contributed by atoms with Crippen LogP contribution in [0.4, 0.5) is 0 Å². The van der Waals surface area contributed by atoms with Gasteiger partial charge in [0.2, 0.25) is 5.91 Å². The second-order valence-electron chi connectivity index (χ2n) is 5.66. The molecule has 0 spiro atoms. The van der Waals surface area contributed by atoms with Crippen molar-refractivity contribution in [3.63, 3.8) is 0 Å². The van der Waals surface area contributed by atoms with Crippen LogP contribution in [-0.4, -0.2) is 17.4 Å². The second kappa shape index (κ2) is 7.32. The van der Waals surface area contributed by atoms with Gasteiger partial charge in [-0.3, -0.25) is 4.79 Å². The Hall–Kier alpha value is -1.31. The van der Waals surface area contributed by atoms with E-state index in [1.54, 1.807) is 0 Å². The molecule has 2 nitrogen and oxygen atoms in total. The van der Waals surface area contributed by atoms with Gasteiger partial charge in [0.1, 0.15) is 0 Å². The van der Waals surface area contributed by atoms with Crippen molar-refractivity contribution in [2.45, 2.75) is 52.0 Å². The Morgan fingerprint density at radius 2 is 1.89 bits per heavy atom. The summed E-state index contributed by atoms with van der Waals surface area (Å²) in [6, 6.07) is 10.3. The van der Waals surface area contributed by atoms with Crippen LogP contribution in [0.25, 0.3) is 0 Å². The highest BCUT2D eigenvalue weighted by molar-refractivity contribution is 5.76. The standard InChI is InChI=1S/C17H25NO/c1-2-12-18(14-16-10-4-3-5-11-16)17(19)13-15-8-6-7-9-15/h3-5,10-11,15H,2,6-9,12-14H2,1H3. The first-order chi connectivity index (χ1) is 9.29. The third-order valence-corrected chi connectivity index (χ3v) is 4.00. The molecule has 0 aliphatic heterocycles. The van der Waals surface area contributed by atoms with Crippen LogP contribution in [0.3, 0.4) is 0 Å². The van der Waals surface area contributed by atoms with Crippen LogP contribution in [0, 0.1) is 5.92 Å². The first-order valence-electron chi connectivity index (χ1n) is 7.61. The van der Waals surface area contributed by atoms with E-state index in [0.29, 0.717) is 11.8 Å². The zero-order valence-electron chi connectivity index (χ0n) is 12.0. The number of nitrogens with zero attached hydrogens (tertiary/aromatic N) is 1. The van der Waals surface area contributed by atoms with Crippen LogP contribution in [-0.2, 0) is 11.3 Å². The fourth-order valence-corrected chi connectivity index (χ4v) is 2.96. The SMILES string of the molecule is CCCN(Cc1ccccc1)C(=O)CC1CCCC1. The van der Waals surface area contributed by atoms with E-state index < -0.39 is 0 Å². The van der Waals surface area contributed by atoms with Crippen LogP contribution in [0.2, 0.25) is 0 Å². The highest BCUT2D eigenvalue weighted by Crippen LogP contribution is 2.28. The lowest BCUT2D eigenvalue weighted by Crippen LogP contribution is -2.32. The summed E-state index contributed by atoms with van der Waals surface area (Å²) in [4.78, 5) is 14.5. The molecule has 0 unspecified atom stereocenters. The van der Waals surface area contributed by atoms with E-state index in [2.05, 4.69) is 19.1 Å². The summed E-state index contributed by atoms with van der Waals surface area (Å²) in [6.45, 7) is 3.78. The smallest absolute Gasteiger partial charge is 0.223 e. The van der Waals surface area contributed by atoms with E-state index in [1.807, 2.05) is 23.1 Å². The number of carbonyl (C=O) groups is 1. The third-order valence-electron chi connectivity index (χ3n) is 4.00. The van der Waals surface area contributed by atoms with Crippen molar-refractivity contribution in [3.05, 3.63) is 35.9 Å². The maximum atomic E-state index is 12.4. The Labute approximate surface area is 116 Å². The average molecular weight is 259 g/mol. The zero-order chi connectivity index (χ0) is 13.5. The molecule has 19 heavy (non-hydrogen) atoms. The Kier molecular flexibility index (Phi) is 5.44. The molecule has 0 saturated heterocycles. The molecule has 0 radical (unpaired) electrons. The van der Waals surface area contributed by atoms with Crippen molar-refractivity contribution in [1.82, 2.24) is 4.90 Å². The lowest BCUT2D eigenvalue weighted by Gasteiger charge is -2.24. The van der Waals surface area contributed by atoms with Gasteiger partial charge in [-0.1, -0.05) is 50.1 Å². The van der Waals surface area contributed by atoms with Crippen molar-refractivity contribution >= 4 is 5.91 Å². The molecular weight excluding hydrogens is 234 g/mol. The quantitative estimate of drug-likeness (QED) is 0.756. The van der Waals surface area contributed by atoms with Gasteiger partial charge < -0.3 is 4.90 Å². The minimum atomic E-state index is 0.345. The second-order valence-corrected chi connectivity index (χ2v) is 5.66. The summed E-state index contributed by atoms with van der Waals surface area (Å²) < 4.78 is 0. The number of hydrogen-bond donors (Lipinski definition) is 0. The van der Waals surface area contributed by atoms with E-state index in [4.69, 9.17) is 0 Å². The zero-order valence-corrected chi connectivity index (χ0v) is 12.0. The normalized spacial score (nSPS) is 15.6. The highest BCUT2D eigenvalue weighted by atomic mass is 16.2. The van der Waals surface area contributed by atoms with Gasteiger partial charge in [0.15, 0.2) is 0 Å². The molecule has 0 heterocycles. The number of carbonyl (C=O) groups excluding carboxylic acids is 1. The molecule has 1 aliphatic rings. The van der Waals surface area contributed by atoms with Crippen LogP contribution >= 0.6 is 0 Å². The summed E-state index contributed by atoms with van der Waals surface area (Å²) in [5.74, 6) is 0.986. The average Bonchev–Trinajstić information content (AvgIpc) is 2.92. The van der Waals surface area contributed by atoms with Crippen LogP contribution in [0.5, 0.6) is 0 Å². The Bertz CT molecular complexity index is 382. The van der Waals surface area contributed by atoms with Crippen LogP contribution < -0.4 is 0 Å². The van der Waals surface area contributed by atoms with Crippen molar-refractivity contribution in [1.29, 1.82) is 0 Å². The molecule has 0 bridgehead atoms. The number of amides is 1. The third kappa shape index (κ3) is 4.38. The predicted octanol–water partition coefficient (Wildman–Crippen LogP) is 4.01. The molecule has 0 atom stereocenters. The molecule has 1 fully saturated rings. The number of hydrogen-bond acceptors (Lipinski definition) is 1. The highest BCUT2D eigenvalue weighted by Gasteiger charge is 2.21. The van der Waals surface area contributed by atoms with Gasteiger partial charge >= 0.3 is 0 Å². The monoisotopic (exact) mass is 259 g/mol. The van der Waals surface area contributed by atoms with E-state index >= 15 is 0 Å². The fourth-order valence-electron chi connectivity index (χ4n) is 2.96. The minimum absolute atomic E-state index is 0.345. The Balaban J connectivity index is 1.92. The Morgan fingerprint density at radius 3 is 2.53 bits per heavy atom. The summed E-state index contributed by atoms with van der Waals surface area (Å²) >= 11 is 0. The maximum Gasteiger partial charge on any atom is 0.223 e. The molecule has 104 valence electrons. The van der Waals surface area contributed by atoms with Crippen LogP contribution in [0.1, 0.15) is 51.0 Å². The lowest BCUT2D eigenvalue weighted by atomic mass is 10.0. The largest absolute Gasteiger partial charge is 0.338 e. The van der Waals surface area contributed by atoms with Crippen molar-refractivity contribution in [2.24, 2.45) is 5.92 Å². The van der Waals surface area contributed by atoms with Crippen LogP contribution in [0.15, 0.2) is 30.3 Å². The summed E-state index contributed by atoms with van der Waals surface area (Å²) in [5.41, 5.74) is 1.23. The van der Waals surface area contributed by atoms with Gasteiger partial charge in [-0.15, -0.1) is 0 Å². The molecule has 2 rings (SSSR count). The van der Waals surface area contributed by atoms with Gasteiger partial charge in [0.25, 0.3) is 0 Å². The minimum Gasteiger partial charge on any atom is -0.338 e. The first-order valence-corrected chi connectivity index (χ1v) is 7.61. The maximum absolute atomic E-state index is 12.4. The first kappa shape index (κ1) is 14.1. The fraction of sp³-hybridized carbons (Fsp3) is 0.588. The number of rotatable bonds is 6. The molecular formula is C17H25NO. The van der Waals surface area contributed by atoms with Crippen molar-refractivity contribution < 1.29 is 4.79 Å². The van der Waals surface area contributed by atoms with Gasteiger partial charge in [0, 0.05) is 19.5 Å². The summed E-state index contributed by atoms with van der Waals surface area (Å²) in [7, 11) is 0. The van der Waals surface area contributed by atoms with Crippen molar-refractivity contribution in [2.75, 3.05) is 6.54 Å². The van der Waals surface area contributed by atoms with E-state index in [-0.39, 0.29) is 0 Å². The molecule has 1 aromatic carbocycles. The van der Waals surface area contributed by atoms with Gasteiger partial charge in [0.05, 0.1) is 0 Å². The molecule has 1 amide bonds. The van der Waals surface area contributed by atoms with Crippen molar-refractivity contribution in [3.8, 4) is 0 Å². The predicted molar refractivity (Wildman–Crippen MR) is 78.7 cm³/mol. The molecule has 0 aromatic heterocycles. The van der Waals surface area contributed by atoms with Gasteiger partial charge in [-0.25, -0.2) is 0 Å². The Morgan fingerprint density at radius 1 is 1.21 bits per heavy atom. The van der Waals surface area contributed by atoms with E-state index in [0.717, 1.165) is 25.9 Å². The van der Waals surface area contributed by atoms with Gasteiger partial charge in [-0.05, 0) is 30.7 Å². The van der Waals surface area contributed by atoms with E-state index in [1.165, 1.54) is 31.2 Å². The molecule has 1 aromatic rings. The topological polar surface area (TPSA) is 20.3 Å². The lowest BCUT2D eigenvalue weighted by molar-refractivity contribution is -0.132. The van der Waals surface area contributed by atoms with E-state index in [9.17, 15) is 4.79 Å². The number of benzene rings is 1. The summed E-state index contributed by atoms with van der Waals surface area (Å²) in [5, 5.41) is 0. The molecule has 1 aliphatic carbocycles. The summed E-state index contributed by atoms with van der Waals surface area (Å²) in [6.07, 6.45) is 6.90. The molecule has 0 N–H and O–H groups in total. The molecule has 1 saturated carbocycles. The van der Waals surface area contributed by atoms with Gasteiger partial charge in [-0.2, -0.15) is 0 Å². The molecule has 2 heteroatoms.